The molecule has 0 aliphatic carbocycles. The van der Waals surface area contributed by atoms with E-state index >= 15 is 0 Å². The third-order valence-electron chi connectivity index (χ3n) is 7.90. The lowest BCUT2D eigenvalue weighted by molar-refractivity contribution is -0.193. The zero-order valence-electron chi connectivity index (χ0n) is 27.7. The summed E-state index contributed by atoms with van der Waals surface area (Å²) in [5, 5.41) is 0. The van der Waals surface area contributed by atoms with E-state index in [4.69, 9.17) is 18.9 Å². The first-order valence-corrected chi connectivity index (χ1v) is 16.1. The average molecular weight is 648 g/mol. The molecule has 0 aliphatic heterocycles. The molecule has 0 radical (unpaired) electrons. The van der Waals surface area contributed by atoms with Crippen molar-refractivity contribution in [2.45, 2.75) is 70.7 Å². The van der Waals surface area contributed by atoms with Crippen LogP contribution in [0.25, 0.3) is 0 Å². The van der Waals surface area contributed by atoms with Crippen LogP contribution < -0.4 is 0 Å². The summed E-state index contributed by atoms with van der Waals surface area (Å²) in [4.78, 5) is 27.5. The highest BCUT2D eigenvalue weighted by atomic mass is 16.6. The molecule has 4 aromatic rings. The minimum Gasteiger partial charge on any atom is -0.455 e. The predicted molar refractivity (Wildman–Crippen MR) is 187 cm³/mol. The number of rotatable bonds is 19. The van der Waals surface area contributed by atoms with Crippen LogP contribution in [0.2, 0.25) is 0 Å². The molecule has 5 atom stereocenters. The second kappa shape index (κ2) is 19.1. The Hall–Kier alpha value is -4.82. The van der Waals surface area contributed by atoms with Crippen LogP contribution in [0.4, 0.5) is 0 Å². The lowest BCUT2D eigenvalue weighted by Gasteiger charge is -2.42. The molecule has 4 aromatic carbocycles. The van der Waals surface area contributed by atoms with Crippen molar-refractivity contribution in [3.05, 3.63) is 169 Å². The summed E-state index contributed by atoms with van der Waals surface area (Å²) in [5.74, 6) is -0.660. The topological polar surface area (TPSA) is 74.3 Å². The highest BCUT2D eigenvalue weighted by Gasteiger charge is 2.43. The van der Waals surface area contributed by atoms with Crippen LogP contribution in [-0.2, 0) is 54.9 Å². The second-order valence-corrected chi connectivity index (χ2v) is 11.5. The van der Waals surface area contributed by atoms with Gasteiger partial charge < -0.3 is 23.8 Å². The van der Waals surface area contributed by atoms with E-state index in [9.17, 15) is 9.59 Å². The summed E-state index contributed by atoms with van der Waals surface area (Å²) in [7, 11) is 0. The number of hydrogen-bond acceptors (Lipinski definition) is 6. The van der Waals surface area contributed by atoms with E-state index in [1.54, 1.807) is 17.1 Å². The largest absolute Gasteiger partial charge is 0.455 e. The molecule has 7 nitrogen and oxygen atoms in total. The Morgan fingerprint density at radius 3 is 1.35 bits per heavy atom. The van der Waals surface area contributed by atoms with Gasteiger partial charge in [-0.05, 0) is 28.3 Å². The zero-order chi connectivity index (χ0) is 34.1. The van der Waals surface area contributed by atoms with Crippen molar-refractivity contribution in [2.24, 2.45) is 0 Å². The van der Waals surface area contributed by atoms with Crippen molar-refractivity contribution < 1.29 is 28.5 Å². The number of carbonyl (C=O) groups is 2. The van der Waals surface area contributed by atoms with Crippen molar-refractivity contribution in [1.29, 1.82) is 0 Å². The normalized spacial score (nSPS) is 14.1. The Bertz CT molecular complexity index is 1550. The fourth-order valence-electron chi connectivity index (χ4n) is 5.53. The van der Waals surface area contributed by atoms with Gasteiger partial charge in [0.2, 0.25) is 5.91 Å². The third-order valence-corrected chi connectivity index (χ3v) is 7.90. The van der Waals surface area contributed by atoms with Crippen LogP contribution in [0.3, 0.4) is 0 Å². The van der Waals surface area contributed by atoms with Crippen molar-refractivity contribution in [3.8, 4) is 0 Å². The van der Waals surface area contributed by atoms with Gasteiger partial charge in [-0.25, -0.2) is 0 Å². The maximum atomic E-state index is 13.4. The van der Waals surface area contributed by atoms with E-state index in [2.05, 4.69) is 13.2 Å². The SMILES string of the molecule is C=C[C@H]([C@H](OCc1ccccc1)[C@@H](OCc1ccccc1)[C@H](OCc1ccccc1)[C@@H](C=C)OC(C)=O)N(Cc1ccccc1)C(C)=O. The Balaban J connectivity index is 1.82. The van der Waals surface area contributed by atoms with Crippen molar-refractivity contribution >= 4 is 11.9 Å². The number of esters is 1. The molecule has 0 bridgehead atoms. The zero-order valence-corrected chi connectivity index (χ0v) is 27.7. The van der Waals surface area contributed by atoms with Crippen molar-refractivity contribution in [3.63, 3.8) is 0 Å². The first-order valence-electron chi connectivity index (χ1n) is 16.1. The Morgan fingerprint density at radius 2 is 0.979 bits per heavy atom. The Morgan fingerprint density at radius 1 is 0.583 bits per heavy atom. The van der Waals surface area contributed by atoms with Crippen LogP contribution in [0.1, 0.15) is 36.1 Å². The highest BCUT2D eigenvalue weighted by Crippen LogP contribution is 2.28. The van der Waals surface area contributed by atoms with E-state index in [0.29, 0.717) is 6.54 Å². The molecule has 1 amide bonds. The standard InChI is InChI=1S/C41H45NO6/c1-5-37(42(31(3)43)27-33-19-11-7-12-20-33)39(45-28-34-21-13-8-14-22-34)41(47-30-36-25-17-10-18-26-36)40(38(6-2)48-32(4)44)46-29-35-23-15-9-16-24-35/h5-26,37-41H,1-2,27-30H2,3-4H3/t37-,38-,39+,40-,41-/m1/s1. The van der Waals surface area contributed by atoms with E-state index < -0.39 is 36.4 Å². The van der Waals surface area contributed by atoms with Crippen LogP contribution in [0.5, 0.6) is 0 Å². The molecule has 0 aromatic heterocycles. The van der Waals surface area contributed by atoms with E-state index in [1.807, 2.05) is 121 Å². The number of nitrogens with zero attached hydrogens (tertiary/aromatic N) is 1. The first kappa shape index (κ1) is 36.0. The lowest BCUT2D eigenvalue weighted by Crippen LogP contribution is -2.57. The fraction of sp³-hybridized carbons (Fsp3) is 0.268. The molecule has 0 aliphatic rings. The molecule has 4 rings (SSSR count). The average Bonchev–Trinajstić information content (AvgIpc) is 3.11. The van der Waals surface area contributed by atoms with Gasteiger partial charge in [0.05, 0.1) is 25.9 Å². The molecular formula is C41H45NO6. The molecule has 0 heterocycles. The second-order valence-electron chi connectivity index (χ2n) is 11.5. The lowest BCUT2D eigenvalue weighted by atomic mass is 9.94. The summed E-state index contributed by atoms with van der Waals surface area (Å²) >= 11 is 0. The van der Waals surface area contributed by atoms with E-state index in [-0.39, 0.29) is 25.7 Å². The minimum absolute atomic E-state index is 0.166. The van der Waals surface area contributed by atoms with Crippen molar-refractivity contribution in [1.82, 2.24) is 4.90 Å². The van der Waals surface area contributed by atoms with Gasteiger partial charge in [0.1, 0.15) is 24.4 Å². The maximum absolute atomic E-state index is 13.4. The van der Waals surface area contributed by atoms with E-state index in [1.165, 1.54) is 13.8 Å². The number of ether oxygens (including phenoxy) is 4. The predicted octanol–water partition coefficient (Wildman–Crippen LogP) is 7.46. The van der Waals surface area contributed by atoms with Gasteiger partial charge in [-0.1, -0.05) is 134 Å². The quantitative estimate of drug-likeness (QED) is 0.0777. The Kier molecular flexibility index (Phi) is 14.3. The molecule has 0 spiro atoms. The van der Waals surface area contributed by atoms with Crippen LogP contribution in [-0.4, -0.2) is 47.2 Å². The summed E-state index contributed by atoms with van der Waals surface area (Å²) in [6.45, 7) is 12.0. The summed E-state index contributed by atoms with van der Waals surface area (Å²) in [6.07, 6.45) is -0.232. The maximum Gasteiger partial charge on any atom is 0.303 e. The van der Waals surface area contributed by atoms with Crippen molar-refractivity contribution in [2.75, 3.05) is 0 Å². The molecule has 7 heteroatoms. The minimum atomic E-state index is -0.903. The summed E-state index contributed by atoms with van der Waals surface area (Å²) in [6, 6.07) is 38.3. The fourth-order valence-corrected chi connectivity index (χ4v) is 5.53. The van der Waals surface area contributed by atoms with Crippen LogP contribution in [0, 0.1) is 0 Å². The van der Waals surface area contributed by atoms with Gasteiger partial charge in [-0.2, -0.15) is 0 Å². The molecule has 0 N–H and O–H groups in total. The number of hydrogen-bond donors (Lipinski definition) is 0. The van der Waals surface area contributed by atoms with Crippen LogP contribution in [0.15, 0.2) is 147 Å². The molecule has 0 saturated heterocycles. The van der Waals surface area contributed by atoms with Gasteiger partial charge in [0.15, 0.2) is 0 Å². The smallest absolute Gasteiger partial charge is 0.303 e. The number of carbonyl (C=O) groups excluding carboxylic acids is 2. The summed E-state index contributed by atoms with van der Waals surface area (Å²) < 4.78 is 26.0. The van der Waals surface area contributed by atoms with E-state index in [0.717, 1.165) is 22.3 Å². The van der Waals surface area contributed by atoms with Gasteiger partial charge in [0.25, 0.3) is 0 Å². The molecule has 0 unspecified atom stereocenters. The molecule has 0 saturated carbocycles. The molecule has 0 fully saturated rings. The number of benzene rings is 4. The molecule has 250 valence electrons. The highest BCUT2D eigenvalue weighted by molar-refractivity contribution is 5.74. The van der Waals surface area contributed by atoms with Gasteiger partial charge in [-0.3, -0.25) is 9.59 Å². The Labute approximate surface area is 284 Å². The van der Waals surface area contributed by atoms with Gasteiger partial charge in [0, 0.05) is 20.4 Å². The molecule has 48 heavy (non-hydrogen) atoms. The van der Waals surface area contributed by atoms with Gasteiger partial charge >= 0.3 is 5.97 Å². The third kappa shape index (κ3) is 10.9. The monoisotopic (exact) mass is 647 g/mol. The van der Waals surface area contributed by atoms with Crippen LogP contribution >= 0.6 is 0 Å². The molecular weight excluding hydrogens is 602 g/mol. The first-order chi connectivity index (χ1) is 23.4. The number of amides is 1. The summed E-state index contributed by atoms with van der Waals surface area (Å²) in [5.41, 5.74) is 3.73. The van der Waals surface area contributed by atoms with Gasteiger partial charge in [-0.15, -0.1) is 6.58 Å².